The van der Waals surface area contributed by atoms with Crippen molar-refractivity contribution in [2.75, 3.05) is 37.9 Å². The van der Waals surface area contributed by atoms with Gasteiger partial charge >= 0.3 is 0 Å². The van der Waals surface area contributed by atoms with Crippen molar-refractivity contribution in [3.63, 3.8) is 0 Å². The van der Waals surface area contributed by atoms with Gasteiger partial charge in [0.1, 0.15) is 5.82 Å². The molecule has 31 heavy (non-hydrogen) atoms. The van der Waals surface area contributed by atoms with E-state index in [1.54, 1.807) is 41.9 Å². The Hall–Kier alpha value is -2.62. The van der Waals surface area contributed by atoms with E-state index in [0.29, 0.717) is 36.4 Å². The normalized spacial score (nSPS) is 11.3. The lowest BCUT2D eigenvalue weighted by molar-refractivity contribution is -0.116. The van der Waals surface area contributed by atoms with Gasteiger partial charge in [-0.2, -0.15) is 5.10 Å². The number of carbonyl (C=O) groups is 1. The standard InChI is InChI=1S/C21H25ClN6O2S/c1-3-31-21-26-19(24-11-13-30-2)16-14-25-28(20(16)27-21)12-10-23-18(29)9-8-15-6-4-5-7-17(15)22/h4-9,14H,3,10-13H2,1-2H3,(H,23,29)(H,24,26,27)/b9-8+. The van der Waals surface area contributed by atoms with Gasteiger partial charge in [-0.15, -0.1) is 0 Å². The summed E-state index contributed by atoms with van der Waals surface area (Å²) in [5.74, 6) is 1.40. The molecule has 3 aromatic rings. The number of hydrogen-bond donors (Lipinski definition) is 2. The molecule has 164 valence electrons. The van der Waals surface area contributed by atoms with Crippen molar-refractivity contribution >= 4 is 52.2 Å². The summed E-state index contributed by atoms with van der Waals surface area (Å²) in [7, 11) is 1.66. The number of amides is 1. The summed E-state index contributed by atoms with van der Waals surface area (Å²) in [6, 6.07) is 7.36. The van der Waals surface area contributed by atoms with Crippen LogP contribution in [0.1, 0.15) is 12.5 Å². The number of rotatable bonds is 11. The van der Waals surface area contributed by atoms with Gasteiger partial charge in [0.15, 0.2) is 10.8 Å². The molecule has 0 spiro atoms. The molecule has 3 rings (SSSR count). The maximum atomic E-state index is 12.1. The number of anilines is 1. The third-order valence-electron chi connectivity index (χ3n) is 4.29. The number of thioether (sulfide) groups is 1. The number of carbonyl (C=O) groups excluding carboxylic acids is 1. The zero-order valence-corrected chi connectivity index (χ0v) is 19.0. The first-order valence-corrected chi connectivity index (χ1v) is 11.3. The Kier molecular flexibility index (Phi) is 8.69. The first-order chi connectivity index (χ1) is 15.1. The van der Waals surface area contributed by atoms with Gasteiger partial charge in [-0.05, 0) is 23.5 Å². The lowest BCUT2D eigenvalue weighted by atomic mass is 10.2. The average Bonchev–Trinajstić information content (AvgIpc) is 3.17. The van der Waals surface area contributed by atoms with Crippen molar-refractivity contribution in [3.05, 3.63) is 47.1 Å². The molecule has 0 aliphatic carbocycles. The van der Waals surface area contributed by atoms with E-state index >= 15 is 0 Å². The molecule has 0 aliphatic heterocycles. The van der Waals surface area contributed by atoms with Crippen LogP contribution >= 0.6 is 23.4 Å². The smallest absolute Gasteiger partial charge is 0.244 e. The number of fused-ring (bicyclic) bond motifs is 1. The van der Waals surface area contributed by atoms with Crippen LogP contribution in [-0.2, 0) is 16.1 Å². The molecule has 0 unspecified atom stereocenters. The van der Waals surface area contributed by atoms with Gasteiger partial charge in [-0.1, -0.05) is 48.5 Å². The predicted molar refractivity (Wildman–Crippen MR) is 126 cm³/mol. The number of nitrogens with zero attached hydrogens (tertiary/aromatic N) is 4. The second-order valence-corrected chi connectivity index (χ2v) is 8.10. The topological polar surface area (TPSA) is 94.0 Å². The molecule has 8 nitrogen and oxygen atoms in total. The van der Waals surface area contributed by atoms with Crippen LogP contribution in [0.4, 0.5) is 5.82 Å². The zero-order chi connectivity index (χ0) is 22.1. The van der Waals surface area contributed by atoms with Crippen molar-refractivity contribution in [1.29, 1.82) is 0 Å². The maximum Gasteiger partial charge on any atom is 0.244 e. The number of methoxy groups -OCH3 is 1. The highest BCUT2D eigenvalue weighted by atomic mass is 35.5. The van der Waals surface area contributed by atoms with Crippen LogP contribution in [0.25, 0.3) is 17.1 Å². The van der Waals surface area contributed by atoms with Crippen molar-refractivity contribution < 1.29 is 9.53 Å². The number of ether oxygens (including phenoxy) is 1. The van der Waals surface area contributed by atoms with Crippen LogP contribution in [0, 0.1) is 0 Å². The van der Waals surface area contributed by atoms with Crippen LogP contribution in [0.5, 0.6) is 0 Å². The zero-order valence-electron chi connectivity index (χ0n) is 17.5. The van der Waals surface area contributed by atoms with E-state index in [2.05, 4.69) is 32.6 Å². The highest BCUT2D eigenvalue weighted by Crippen LogP contribution is 2.24. The van der Waals surface area contributed by atoms with E-state index < -0.39 is 0 Å². The molecule has 0 bridgehead atoms. The molecule has 0 aliphatic rings. The van der Waals surface area contributed by atoms with Crippen LogP contribution in [0.2, 0.25) is 5.02 Å². The van der Waals surface area contributed by atoms with Crippen molar-refractivity contribution in [3.8, 4) is 0 Å². The fraction of sp³-hybridized carbons (Fsp3) is 0.333. The van der Waals surface area contributed by atoms with Crippen molar-refractivity contribution in [2.45, 2.75) is 18.6 Å². The quantitative estimate of drug-likeness (QED) is 0.196. The van der Waals surface area contributed by atoms with E-state index in [-0.39, 0.29) is 5.91 Å². The highest BCUT2D eigenvalue weighted by Gasteiger charge is 2.13. The molecule has 0 saturated heterocycles. The Morgan fingerprint density at radius 1 is 1.29 bits per heavy atom. The number of aromatic nitrogens is 4. The number of hydrogen-bond acceptors (Lipinski definition) is 7. The maximum absolute atomic E-state index is 12.1. The molecule has 1 aromatic carbocycles. The van der Waals surface area contributed by atoms with Crippen molar-refractivity contribution in [2.24, 2.45) is 0 Å². The average molecular weight is 461 g/mol. The van der Waals surface area contributed by atoms with Gasteiger partial charge in [0.05, 0.1) is 24.7 Å². The summed E-state index contributed by atoms with van der Waals surface area (Å²) in [4.78, 5) is 21.4. The number of benzene rings is 1. The Labute approximate surface area is 190 Å². The third kappa shape index (κ3) is 6.43. The van der Waals surface area contributed by atoms with Gasteiger partial charge in [-0.25, -0.2) is 14.6 Å². The minimum atomic E-state index is -0.199. The van der Waals surface area contributed by atoms with Crippen LogP contribution in [0.15, 0.2) is 41.7 Å². The first kappa shape index (κ1) is 23.1. The fourth-order valence-electron chi connectivity index (χ4n) is 2.82. The number of halogens is 1. The fourth-order valence-corrected chi connectivity index (χ4v) is 3.58. The van der Waals surface area contributed by atoms with Gasteiger partial charge in [0, 0.05) is 31.3 Å². The van der Waals surface area contributed by atoms with Gasteiger partial charge in [0.25, 0.3) is 0 Å². The Morgan fingerprint density at radius 3 is 2.90 bits per heavy atom. The molecule has 0 fully saturated rings. The lowest BCUT2D eigenvalue weighted by Crippen LogP contribution is -2.25. The second kappa shape index (κ2) is 11.7. The summed E-state index contributed by atoms with van der Waals surface area (Å²) in [5, 5.41) is 12.7. The van der Waals surface area contributed by atoms with Gasteiger partial charge in [0.2, 0.25) is 5.91 Å². The monoisotopic (exact) mass is 460 g/mol. The highest BCUT2D eigenvalue weighted by molar-refractivity contribution is 7.99. The Balaban J connectivity index is 1.65. The van der Waals surface area contributed by atoms with E-state index in [0.717, 1.165) is 28.2 Å². The largest absolute Gasteiger partial charge is 0.383 e. The van der Waals surface area contributed by atoms with Crippen LogP contribution in [-0.4, -0.2) is 58.2 Å². The SMILES string of the molecule is CCSc1nc(NCCOC)c2cnn(CCNC(=O)/C=C/c3ccccc3Cl)c2n1. The summed E-state index contributed by atoms with van der Waals surface area (Å²) in [6.07, 6.45) is 4.91. The summed E-state index contributed by atoms with van der Waals surface area (Å²) >= 11 is 7.67. The Morgan fingerprint density at radius 2 is 2.13 bits per heavy atom. The molecule has 0 atom stereocenters. The minimum Gasteiger partial charge on any atom is -0.383 e. The molecule has 0 radical (unpaired) electrons. The molecule has 2 aromatic heterocycles. The summed E-state index contributed by atoms with van der Waals surface area (Å²) in [6.45, 7) is 4.16. The Bertz CT molecular complexity index is 1060. The predicted octanol–water partition coefficient (Wildman–Crippen LogP) is 3.48. The van der Waals surface area contributed by atoms with Crippen molar-refractivity contribution in [1.82, 2.24) is 25.1 Å². The third-order valence-corrected chi connectivity index (χ3v) is 5.36. The molecule has 0 saturated carbocycles. The van der Waals surface area contributed by atoms with E-state index in [1.807, 2.05) is 18.2 Å². The van der Waals surface area contributed by atoms with E-state index in [1.165, 1.54) is 6.08 Å². The molecule has 10 heteroatoms. The second-order valence-electron chi connectivity index (χ2n) is 6.46. The lowest BCUT2D eigenvalue weighted by Gasteiger charge is -2.09. The number of nitrogens with one attached hydrogen (secondary N) is 2. The summed E-state index contributed by atoms with van der Waals surface area (Å²) < 4.78 is 6.88. The van der Waals surface area contributed by atoms with Crippen LogP contribution < -0.4 is 10.6 Å². The van der Waals surface area contributed by atoms with E-state index in [4.69, 9.17) is 16.3 Å². The van der Waals surface area contributed by atoms with E-state index in [9.17, 15) is 4.79 Å². The van der Waals surface area contributed by atoms with Gasteiger partial charge < -0.3 is 15.4 Å². The minimum absolute atomic E-state index is 0.199. The molecular weight excluding hydrogens is 436 g/mol. The molecule has 1 amide bonds. The first-order valence-electron chi connectivity index (χ1n) is 9.92. The molecule has 2 N–H and O–H groups in total. The molecular formula is C21H25ClN6O2S. The van der Waals surface area contributed by atoms with Crippen LogP contribution in [0.3, 0.4) is 0 Å². The summed E-state index contributed by atoms with van der Waals surface area (Å²) in [5.41, 5.74) is 1.52. The van der Waals surface area contributed by atoms with Gasteiger partial charge in [-0.3, -0.25) is 4.79 Å². The molecule has 2 heterocycles.